The van der Waals surface area contributed by atoms with Crippen LogP contribution in [-0.2, 0) is 6.42 Å². The molecule has 1 atom stereocenters. The van der Waals surface area contributed by atoms with Gasteiger partial charge in [-0.05, 0) is 36.5 Å². The Morgan fingerprint density at radius 3 is 2.53 bits per heavy atom. The molecule has 1 rings (SSSR count). The number of aliphatic hydroxyl groups is 1. The number of methoxy groups -OCH3 is 1. The van der Waals surface area contributed by atoms with E-state index in [0.717, 1.165) is 30.6 Å². The third-order valence-corrected chi connectivity index (χ3v) is 3.37. The summed E-state index contributed by atoms with van der Waals surface area (Å²) in [5.74, 6) is 1.49. The molecule has 0 aliphatic carbocycles. The molecule has 1 N–H and O–H groups in total. The van der Waals surface area contributed by atoms with Crippen LogP contribution in [0.2, 0.25) is 0 Å². The number of benzene rings is 1. The van der Waals surface area contributed by atoms with Gasteiger partial charge in [0.1, 0.15) is 5.75 Å². The van der Waals surface area contributed by atoms with Crippen molar-refractivity contribution in [2.45, 2.75) is 45.6 Å². The third kappa shape index (κ3) is 4.78. The Kier molecular flexibility index (Phi) is 6.06. The van der Waals surface area contributed by atoms with Gasteiger partial charge in [0, 0.05) is 0 Å². The summed E-state index contributed by atoms with van der Waals surface area (Å²) in [5.41, 5.74) is 1.14. The Morgan fingerprint density at radius 1 is 1.24 bits per heavy atom. The molecule has 0 heterocycles. The van der Waals surface area contributed by atoms with Crippen LogP contribution in [0.5, 0.6) is 5.75 Å². The highest BCUT2D eigenvalue weighted by molar-refractivity contribution is 5.28. The predicted octanol–water partition coefficient (Wildman–Crippen LogP) is 3.42. The van der Waals surface area contributed by atoms with E-state index in [4.69, 9.17) is 4.74 Å². The van der Waals surface area contributed by atoms with Crippen LogP contribution in [0.1, 0.15) is 38.7 Å². The van der Waals surface area contributed by atoms with E-state index in [2.05, 4.69) is 13.8 Å². The van der Waals surface area contributed by atoms with E-state index in [-0.39, 0.29) is 6.10 Å². The molecule has 0 aromatic heterocycles. The molecule has 0 saturated heterocycles. The van der Waals surface area contributed by atoms with Crippen LogP contribution in [0, 0.1) is 5.92 Å². The number of aliphatic hydroxyl groups excluding tert-OH is 1. The Balaban J connectivity index is 2.52. The SMILES string of the molecule is CCC(CC)CC(O)Cc1cccc(OC)c1. The van der Waals surface area contributed by atoms with Crippen LogP contribution in [0.25, 0.3) is 0 Å². The van der Waals surface area contributed by atoms with Crippen LogP contribution in [0.3, 0.4) is 0 Å². The Morgan fingerprint density at radius 2 is 1.94 bits per heavy atom. The lowest BCUT2D eigenvalue weighted by atomic mass is 9.93. The number of hydrogen-bond acceptors (Lipinski definition) is 2. The molecular weight excluding hydrogens is 212 g/mol. The van der Waals surface area contributed by atoms with E-state index in [0.29, 0.717) is 12.3 Å². The summed E-state index contributed by atoms with van der Waals surface area (Å²) in [6.07, 6.45) is 3.65. The molecule has 2 heteroatoms. The monoisotopic (exact) mass is 236 g/mol. The first-order chi connectivity index (χ1) is 8.19. The van der Waals surface area contributed by atoms with E-state index < -0.39 is 0 Å². The quantitative estimate of drug-likeness (QED) is 0.786. The summed E-state index contributed by atoms with van der Waals surface area (Å²) in [5, 5.41) is 10.1. The second-order valence-corrected chi connectivity index (χ2v) is 4.63. The molecule has 1 aromatic carbocycles. The summed E-state index contributed by atoms with van der Waals surface area (Å²) in [6.45, 7) is 4.37. The van der Waals surface area contributed by atoms with Crippen molar-refractivity contribution in [3.8, 4) is 5.75 Å². The molecule has 17 heavy (non-hydrogen) atoms. The molecule has 0 bridgehead atoms. The minimum atomic E-state index is -0.244. The topological polar surface area (TPSA) is 29.5 Å². The maximum absolute atomic E-state index is 10.1. The Hall–Kier alpha value is -1.02. The summed E-state index contributed by atoms with van der Waals surface area (Å²) < 4.78 is 5.18. The summed E-state index contributed by atoms with van der Waals surface area (Å²) >= 11 is 0. The van der Waals surface area contributed by atoms with Gasteiger partial charge in [0.15, 0.2) is 0 Å². The summed E-state index contributed by atoms with van der Waals surface area (Å²) in [7, 11) is 1.67. The van der Waals surface area contributed by atoms with Crippen molar-refractivity contribution in [3.05, 3.63) is 29.8 Å². The fraction of sp³-hybridized carbons (Fsp3) is 0.600. The maximum atomic E-state index is 10.1. The first-order valence-corrected chi connectivity index (χ1v) is 6.50. The predicted molar refractivity (Wildman–Crippen MR) is 71.4 cm³/mol. The standard InChI is InChI=1S/C15H24O2/c1-4-12(5-2)9-14(16)10-13-7-6-8-15(11-13)17-3/h6-8,11-12,14,16H,4-5,9-10H2,1-3H3. The normalized spacial score (nSPS) is 12.8. The van der Waals surface area contributed by atoms with Gasteiger partial charge in [-0.25, -0.2) is 0 Å². The van der Waals surface area contributed by atoms with E-state index in [1.165, 1.54) is 0 Å². The van der Waals surface area contributed by atoms with Gasteiger partial charge in [0.2, 0.25) is 0 Å². The van der Waals surface area contributed by atoms with Gasteiger partial charge >= 0.3 is 0 Å². The number of ether oxygens (including phenoxy) is 1. The van der Waals surface area contributed by atoms with Crippen LogP contribution in [0.4, 0.5) is 0 Å². The largest absolute Gasteiger partial charge is 0.497 e. The van der Waals surface area contributed by atoms with Crippen LogP contribution in [0.15, 0.2) is 24.3 Å². The van der Waals surface area contributed by atoms with Gasteiger partial charge < -0.3 is 9.84 Å². The molecule has 0 amide bonds. The van der Waals surface area contributed by atoms with E-state index in [1.807, 2.05) is 24.3 Å². The van der Waals surface area contributed by atoms with Crippen molar-refractivity contribution in [2.24, 2.45) is 5.92 Å². The van der Waals surface area contributed by atoms with Crippen LogP contribution >= 0.6 is 0 Å². The smallest absolute Gasteiger partial charge is 0.119 e. The van der Waals surface area contributed by atoms with Crippen molar-refractivity contribution in [2.75, 3.05) is 7.11 Å². The van der Waals surface area contributed by atoms with Crippen LogP contribution in [-0.4, -0.2) is 18.3 Å². The zero-order chi connectivity index (χ0) is 12.7. The lowest BCUT2D eigenvalue weighted by Gasteiger charge is -2.17. The van der Waals surface area contributed by atoms with E-state index in [9.17, 15) is 5.11 Å². The fourth-order valence-electron chi connectivity index (χ4n) is 2.16. The molecule has 2 nitrogen and oxygen atoms in total. The minimum absolute atomic E-state index is 0.244. The Labute approximate surface area is 105 Å². The van der Waals surface area contributed by atoms with Crippen molar-refractivity contribution in [1.82, 2.24) is 0 Å². The molecule has 96 valence electrons. The highest BCUT2D eigenvalue weighted by Crippen LogP contribution is 2.19. The first-order valence-electron chi connectivity index (χ1n) is 6.50. The highest BCUT2D eigenvalue weighted by atomic mass is 16.5. The molecule has 0 radical (unpaired) electrons. The van der Waals surface area contributed by atoms with Gasteiger partial charge in [-0.2, -0.15) is 0 Å². The second-order valence-electron chi connectivity index (χ2n) is 4.63. The second kappa shape index (κ2) is 7.33. The zero-order valence-electron chi connectivity index (χ0n) is 11.1. The Bertz CT molecular complexity index is 318. The average Bonchev–Trinajstić information content (AvgIpc) is 2.36. The van der Waals surface area contributed by atoms with Crippen molar-refractivity contribution in [3.63, 3.8) is 0 Å². The van der Waals surface area contributed by atoms with Gasteiger partial charge in [-0.15, -0.1) is 0 Å². The third-order valence-electron chi connectivity index (χ3n) is 3.37. The molecule has 0 aliphatic heterocycles. The molecule has 0 spiro atoms. The number of rotatable bonds is 7. The van der Waals surface area contributed by atoms with E-state index >= 15 is 0 Å². The van der Waals surface area contributed by atoms with Gasteiger partial charge in [-0.3, -0.25) is 0 Å². The molecular formula is C15H24O2. The van der Waals surface area contributed by atoms with Gasteiger partial charge in [0.25, 0.3) is 0 Å². The molecule has 0 saturated carbocycles. The lowest BCUT2D eigenvalue weighted by molar-refractivity contribution is 0.139. The zero-order valence-corrected chi connectivity index (χ0v) is 11.1. The average molecular weight is 236 g/mol. The summed E-state index contributed by atoms with van der Waals surface area (Å²) in [4.78, 5) is 0. The van der Waals surface area contributed by atoms with E-state index in [1.54, 1.807) is 7.11 Å². The first kappa shape index (κ1) is 14.0. The molecule has 0 aliphatic rings. The lowest BCUT2D eigenvalue weighted by Crippen LogP contribution is -2.15. The molecule has 1 aromatic rings. The fourth-order valence-corrected chi connectivity index (χ4v) is 2.16. The van der Waals surface area contributed by atoms with Gasteiger partial charge in [-0.1, -0.05) is 38.8 Å². The molecule has 0 fully saturated rings. The maximum Gasteiger partial charge on any atom is 0.119 e. The highest BCUT2D eigenvalue weighted by Gasteiger charge is 2.12. The van der Waals surface area contributed by atoms with Crippen molar-refractivity contribution >= 4 is 0 Å². The molecule has 1 unspecified atom stereocenters. The number of hydrogen-bond donors (Lipinski definition) is 1. The van der Waals surface area contributed by atoms with Crippen LogP contribution < -0.4 is 4.74 Å². The van der Waals surface area contributed by atoms with Crippen molar-refractivity contribution < 1.29 is 9.84 Å². The van der Waals surface area contributed by atoms with Gasteiger partial charge in [0.05, 0.1) is 13.2 Å². The summed E-state index contributed by atoms with van der Waals surface area (Å²) in [6, 6.07) is 7.93. The van der Waals surface area contributed by atoms with Crippen molar-refractivity contribution in [1.29, 1.82) is 0 Å². The minimum Gasteiger partial charge on any atom is -0.497 e.